The van der Waals surface area contributed by atoms with E-state index in [1.165, 1.54) is 54.5 Å². The van der Waals surface area contributed by atoms with Gasteiger partial charge in [-0.3, -0.25) is 0 Å². The van der Waals surface area contributed by atoms with Crippen molar-refractivity contribution in [2.45, 2.75) is 0 Å². The van der Waals surface area contributed by atoms with Crippen molar-refractivity contribution in [1.82, 2.24) is 4.57 Å². The summed E-state index contributed by atoms with van der Waals surface area (Å²) in [5.41, 5.74) is 9.76. The van der Waals surface area contributed by atoms with Gasteiger partial charge in [0.25, 0.3) is 0 Å². The lowest BCUT2D eigenvalue weighted by atomic mass is 9.99. The van der Waals surface area contributed by atoms with Crippen LogP contribution in [-0.4, -0.2) is 4.57 Å². The summed E-state index contributed by atoms with van der Waals surface area (Å²) in [6.07, 6.45) is 0. The summed E-state index contributed by atoms with van der Waals surface area (Å²) in [4.78, 5) is 2.34. The van der Waals surface area contributed by atoms with E-state index in [2.05, 4.69) is 155 Å². The Bertz CT molecular complexity index is 2570. The van der Waals surface area contributed by atoms with E-state index in [4.69, 9.17) is 0 Å². The van der Waals surface area contributed by atoms with Crippen LogP contribution in [0.2, 0.25) is 0 Å². The SMILES string of the molecule is N#Cc1ccc(N(c2cccc3ccccc23)c2ccc3c4c2ccc2cccc(c24)n3-c2ccc(-c3ccccc3)cc2)cc1. The molecule has 214 valence electrons. The minimum absolute atomic E-state index is 0.643. The van der Waals surface area contributed by atoms with Gasteiger partial charge in [-0.25, -0.2) is 0 Å². The molecule has 3 nitrogen and oxygen atoms in total. The van der Waals surface area contributed by atoms with Gasteiger partial charge in [0.1, 0.15) is 0 Å². The molecule has 0 saturated carbocycles. The maximum absolute atomic E-state index is 9.54. The van der Waals surface area contributed by atoms with Crippen LogP contribution < -0.4 is 4.90 Å². The van der Waals surface area contributed by atoms with E-state index in [0.717, 1.165) is 22.7 Å². The Balaban J connectivity index is 1.31. The third-order valence-corrected chi connectivity index (χ3v) is 9.17. The normalized spacial score (nSPS) is 11.5. The lowest BCUT2D eigenvalue weighted by molar-refractivity contribution is 1.18. The largest absolute Gasteiger partial charge is 0.309 e. The van der Waals surface area contributed by atoms with Crippen LogP contribution in [0.1, 0.15) is 5.56 Å². The van der Waals surface area contributed by atoms with E-state index in [1.54, 1.807) is 0 Å². The van der Waals surface area contributed by atoms with Gasteiger partial charge in [-0.15, -0.1) is 0 Å². The maximum Gasteiger partial charge on any atom is 0.0991 e. The molecule has 0 aliphatic carbocycles. The number of hydrogen-bond acceptors (Lipinski definition) is 2. The summed E-state index contributed by atoms with van der Waals surface area (Å²) in [6.45, 7) is 0. The van der Waals surface area contributed by atoms with Gasteiger partial charge in [-0.05, 0) is 82.6 Å². The molecule has 1 heterocycles. The van der Waals surface area contributed by atoms with Gasteiger partial charge in [0.15, 0.2) is 0 Å². The van der Waals surface area contributed by atoms with E-state index in [9.17, 15) is 5.26 Å². The molecule has 0 aliphatic heterocycles. The second kappa shape index (κ2) is 10.4. The zero-order chi connectivity index (χ0) is 30.6. The quantitative estimate of drug-likeness (QED) is 0.188. The van der Waals surface area contributed by atoms with Gasteiger partial charge in [0, 0.05) is 32.9 Å². The Kier molecular flexibility index (Phi) is 5.88. The number of nitriles is 1. The van der Waals surface area contributed by atoms with Gasteiger partial charge < -0.3 is 9.47 Å². The predicted octanol–water partition coefficient (Wildman–Crippen LogP) is 11.5. The number of nitrogens with zero attached hydrogens (tertiary/aromatic N) is 3. The molecule has 0 amide bonds. The van der Waals surface area contributed by atoms with Crippen molar-refractivity contribution in [1.29, 1.82) is 5.26 Å². The first-order valence-corrected chi connectivity index (χ1v) is 15.5. The Morgan fingerprint density at radius 1 is 0.457 bits per heavy atom. The number of rotatable bonds is 5. The van der Waals surface area contributed by atoms with Crippen LogP contribution in [0.3, 0.4) is 0 Å². The molecule has 8 aromatic carbocycles. The van der Waals surface area contributed by atoms with E-state index in [-0.39, 0.29) is 0 Å². The minimum Gasteiger partial charge on any atom is -0.309 e. The molecule has 0 bridgehead atoms. The lowest BCUT2D eigenvalue weighted by Gasteiger charge is -2.28. The second-order valence-electron chi connectivity index (χ2n) is 11.7. The Morgan fingerprint density at radius 2 is 1.13 bits per heavy atom. The third-order valence-electron chi connectivity index (χ3n) is 9.17. The predicted molar refractivity (Wildman–Crippen MR) is 192 cm³/mol. The van der Waals surface area contributed by atoms with E-state index in [0.29, 0.717) is 5.56 Å². The number of fused-ring (bicyclic) bond motifs is 1. The molecule has 46 heavy (non-hydrogen) atoms. The van der Waals surface area contributed by atoms with Crippen molar-refractivity contribution < 1.29 is 0 Å². The monoisotopic (exact) mass is 585 g/mol. The molecule has 0 saturated heterocycles. The summed E-state index contributed by atoms with van der Waals surface area (Å²) in [7, 11) is 0. The summed E-state index contributed by atoms with van der Waals surface area (Å²) in [5.74, 6) is 0. The average molecular weight is 586 g/mol. The van der Waals surface area contributed by atoms with E-state index < -0.39 is 0 Å². The maximum atomic E-state index is 9.54. The van der Waals surface area contributed by atoms with Crippen molar-refractivity contribution in [3.05, 3.63) is 169 Å². The summed E-state index contributed by atoms with van der Waals surface area (Å²) in [5, 5.41) is 16.8. The second-order valence-corrected chi connectivity index (χ2v) is 11.7. The topological polar surface area (TPSA) is 32.0 Å². The van der Waals surface area contributed by atoms with Crippen molar-refractivity contribution in [3.63, 3.8) is 0 Å². The molecule has 0 N–H and O–H groups in total. The molecule has 0 radical (unpaired) electrons. The number of benzene rings is 8. The molecule has 0 fully saturated rings. The van der Waals surface area contributed by atoms with Crippen molar-refractivity contribution in [3.8, 4) is 22.9 Å². The fourth-order valence-corrected chi connectivity index (χ4v) is 7.08. The lowest BCUT2D eigenvalue weighted by Crippen LogP contribution is -2.11. The van der Waals surface area contributed by atoms with Gasteiger partial charge >= 0.3 is 0 Å². The van der Waals surface area contributed by atoms with Crippen LogP contribution in [0.4, 0.5) is 17.1 Å². The van der Waals surface area contributed by atoms with Crippen LogP contribution in [0.5, 0.6) is 0 Å². The smallest absolute Gasteiger partial charge is 0.0991 e. The molecule has 9 aromatic rings. The van der Waals surface area contributed by atoms with E-state index in [1.807, 2.05) is 24.3 Å². The third kappa shape index (κ3) is 3.98. The molecular weight excluding hydrogens is 558 g/mol. The van der Waals surface area contributed by atoms with E-state index >= 15 is 0 Å². The highest BCUT2D eigenvalue weighted by atomic mass is 15.1. The Labute approximate surface area is 266 Å². The zero-order valence-electron chi connectivity index (χ0n) is 24.9. The molecular formula is C43H27N3. The number of aromatic nitrogens is 1. The standard InChI is InChI=1S/C43H27N3/c44-28-29-16-21-34(22-17-29)45(38-14-6-11-32-10-4-5-13-36(32)38)39-26-27-41-43-37(39)25-20-33-12-7-15-40(42(33)43)46(41)35-23-18-31(19-24-35)30-8-2-1-3-9-30/h1-27H. The summed E-state index contributed by atoms with van der Waals surface area (Å²) < 4.78 is 2.40. The molecule has 9 rings (SSSR count). The molecule has 0 aliphatic rings. The minimum atomic E-state index is 0.643. The first-order chi connectivity index (χ1) is 22.8. The van der Waals surface area contributed by atoms with Gasteiger partial charge in [-0.2, -0.15) is 5.26 Å². The van der Waals surface area contributed by atoms with Gasteiger partial charge in [0.2, 0.25) is 0 Å². The highest BCUT2D eigenvalue weighted by molar-refractivity contribution is 6.27. The fourth-order valence-electron chi connectivity index (χ4n) is 7.08. The van der Waals surface area contributed by atoms with Crippen LogP contribution in [0.25, 0.3) is 60.2 Å². The zero-order valence-corrected chi connectivity index (χ0v) is 24.9. The fraction of sp³-hybridized carbons (Fsp3) is 0. The van der Waals surface area contributed by atoms with Crippen LogP contribution in [-0.2, 0) is 0 Å². The highest BCUT2D eigenvalue weighted by Crippen LogP contribution is 2.47. The van der Waals surface area contributed by atoms with Crippen LogP contribution in [0, 0.1) is 11.3 Å². The van der Waals surface area contributed by atoms with Crippen LogP contribution in [0.15, 0.2) is 164 Å². The highest BCUT2D eigenvalue weighted by Gasteiger charge is 2.23. The first-order valence-electron chi connectivity index (χ1n) is 15.5. The Morgan fingerprint density at radius 3 is 1.96 bits per heavy atom. The first kappa shape index (κ1) is 26.1. The van der Waals surface area contributed by atoms with Crippen molar-refractivity contribution >= 4 is 60.4 Å². The number of hydrogen-bond donors (Lipinski definition) is 0. The van der Waals surface area contributed by atoms with Crippen molar-refractivity contribution in [2.75, 3.05) is 4.90 Å². The summed E-state index contributed by atoms with van der Waals surface area (Å²) >= 11 is 0. The molecule has 1 aromatic heterocycles. The molecule has 0 unspecified atom stereocenters. The molecule has 0 atom stereocenters. The van der Waals surface area contributed by atoms with Gasteiger partial charge in [0.05, 0.1) is 34.0 Å². The van der Waals surface area contributed by atoms with Crippen molar-refractivity contribution in [2.24, 2.45) is 0 Å². The molecule has 0 spiro atoms. The van der Waals surface area contributed by atoms with Crippen LogP contribution >= 0.6 is 0 Å². The average Bonchev–Trinajstić information content (AvgIpc) is 3.47. The summed E-state index contributed by atoms with van der Waals surface area (Å²) in [6, 6.07) is 60.2. The van der Waals surface area contributed by atoms with Gasteiger partial charge in [-0.1, -0.05) is 103 Å². The molecule has 3 heteroatoms. The number of anilines is 3. The Hall–Kier alpha value is -6.37.